The van der Waals surface area contributed by atoms with Crippen LogP contribution in [0.5, 0.6) is 0 Å². The number of nitrogens with zero attached hydrogens (tertiary/aromatic N) is 2. The molecule has 26 heavy (non-hydrogen) atoms. The predicted octanol–water partition coefficient (Wildman–Crippen LogP) is 3.02. The van der Waals surface area contributed by atoms with Crippen molar-refractivity contribution in [1.29, 1.82) is 0 Å². The third kappa shape index (κ3) is 4.86. The number of likely N-dealkylation sites (tertiary alicyclic amines) is 2. The monoisotopic (exact) mass is 357 g/mol. The highest BCUT2D eigenvalue weighted by Gasteiger charge is 2.26. The first-order valence-electron chi connectivity index (χ1n) is 10.3. The Labute approximate surface area is 158 Å². The van der Waals surface area contributed by atoms with Gasteiger partial charge in [0.05, 0.1) is 0 Å². The molecule has 2 fully saturated rings. The first-order chi connectivity index (χ1) is 12.5. The molecular weight excluding hydrogens is 322 g/mol. The quantitative estimate of drug-likeness (QED) is 0.850. The van der Waals surface area contributed by atoms with Crippen LogP contribution in [0.25, 0.3) is 0 Å². The molecule has 0 radical (unpaired) electrons. The molecule has 0 bridgehead atoms. The second-order valence-corrected chi connectivity index (χ2v) is 8.35. The number of hydrogen-bond acceptors (Lipinski definition) is 3. The van der Waals surface area contributed by atoms with Crippen LogP contribution >= 0.6 is 0 Å². The van der Waals surface area contributed by atoms with Gasteiger partial charge in [0.15, 0.2) is 0 Å². The maximum Gasteiger partial charge on any atom is 0.225 e. The lowest BCUT2D eigenvalue weighted by Gasteiger charge is -2.33. The fourth-order valence-corrected chi connectivity index (χ4v) is 4.43. The van der Waals surface area contributed by atoms with Crippen LogP contribution in [0, 0.1) is 12.8 Å². The smallest absolute Gasteiger partial charge is 0.225 e. The van der Waals surface area contributed by atoms with Gasteiger partial charge in [0.1, 0.15) is 0 Å². The highest BCUT2D eigenvalue weighted by atomic mass is 16.2. The van der Waals surface area contributed by atoms with E-state index in [0.717, 1.165) is 39.0 Å². The summed E-state index contributed by atoms with van der Waals surface area (Å²) in [6, 6.07) is 9.41. The number of carbonyl (C=O) groups is 1. The van der Waals surface area contributed by atoms with E-state index in [-0.39, 0.29) is 5.92 Å². The summed E-state index contributed by atoms with van der Waals surface area (Å²) in [7, 11) is 0. The fourth-order valence-electron chi connectivity index (χ4n) is 4.43. The average molecular weight is 358 g/mol. The van der Waals surface area contributed by atoms with E-state index in [1.165, 1.54) is 30.6 Å². The molecule has 1 atom stereocenters. The van der Waals surface area contributed by atoms with E-state index in [0.29, 0.717) is 17.9 Å². The zero-order valence-corrected chi connectivity index (χ0v) is 16.7. The number of rotatable bonds is 6. The molecule has 0 aromatic heterocycles. The van der Waals surface area contributed by atoms with E-state index in [1.54, 1.807) is 0 Å². The van der Waals surface area contributed by atoms with E-state index in [4.69, 9.17) is 0 Å². The summed E-state index contributed by atoms with van der Waals surface area (Å²) in [4.78, 5) is 16.7. The molecule has 1 amide bonds. The summed E-state index contributed by atoms with van der Waals surface area (Å²) in [5.41, 5.74) is 2.96. The summed E-state index contributed by atoms with van der Waals surface area (Å²) in [5.74, 6) is 1.13. The number of amides is 1. The van der Waals surface area contributed by atoms with Crippen molar-refractivity contribution in [2.75, 3.05) is 39.3 Å². The minimum absolute atomic E-state index is 0.121. The topological polar surface area (TPSA) is 35.6 Å². The van der Waals surface area contributed by atoms with Crippen molar-refractivity contribution in [3.8, 4) is 0 Å². The van der Waals surface area contributed by atoms with Crippen molar-refractivity contribution in [3.05, 3.63) is 35.4 Å². The molecule has 2 aliphatic heterocycles. The first-order valence-corrected chi connectivity index (χ1v) is 10.3. The van der Waals surface area contributed by atoms with Crippen molar-refractivity contribution in [2.24, 2.45) is 5.92 Å². The van der Waals surface area contributed by atoms with Gasteiger partial charge in [0.25, 0.3) is 0 Å². The summed E-state index contributed by atoms with van der Waals surface area (Å²) < 4.78 is 0. The number of piperidine rings is 1. The maximum atomic E-state index is 12.1. The molecule has 1 N–H and O–H groups in total. The highest BCUT2D eigenvalue weighted by molar-refractivity contribution is 5.78. The second kappa shape index (κ2) is 9.01. The average Bonchev–Trinajstić information content (AvgIpc) is 3.10. The zero-order chi connectivity index (χ0) is 18.5. The lowest BCUT2D eigenvalue weighted by Crippen LogP contribution is -2.47. The molecule has 4 heteroatoms. The minimum atomic E-state index is 0.121. The molecule has 0 saturated carbocycles. The van der Waals surface area contributed by atoms with E-state index in [9.17, 15) is 4.79 Å². The van der Waals surface area contributed by atoms with Gasteiger partial charge in [0.2, 0.25) is 5.91 Å². The van der Waals surface area contributed by atoms with Gasteiger partial charge < -0.3 is 15.1 Å². The third-order valence-electron chi connectivity index (χ3n) is 6.06. The lowest BCUT2D eigenvalue weighted by atomic mass is 9.94. The molecule has 2 saturated heterocycles. The second-order valence-electron chi connectivity index (χ2n) is 8.35. The highest BCUT2D eigenvalue weighted by Crippen LogP contribution is 2.28. The van der Waals surface area contributed by atoms with Gasteiger partial charge in [-0.15, -0.1) is 0 Å². The van der Waals surface area contributed by atoms with Gasteiger partial charge in [0, 0.05) is 44.7 Å². The van der Waals surface area contributed by atoms with Crippen LogP contribution < -0.4 is 5.32 Å². The van der Waals surface area contributed by atoms with Gasteiger partial charge in [-0.2, -0.15) is 0 Å². The van der Waals surface area contributed by atoms with Crippen LogP contribution in [0.15, 0.2) is 24.3 Å². The third-order valence-corrected chi connectivity index (χ3v) is 6.06. The molecule has 1 unspecified atom stereocenters. The van der Waals surface area contributed by atoms with E-state index < -0.39 is 0 Å². The van der Waals surface area contributed by atoms with Crippen LogP contribution in [-0.2, 0) is 4.79 Å². The van der Waals surface area contributed by atoms with Crippen molar-refractivity contribution < 1.29 is 4.79 Å². The van der Waals surface area contributed by atoms with Crippen molar-refractivity contribution in [2.45, 2.75) is 52.0 Å². The Kier molecular flexibility index (Phi) is 6.71. The standard InChI is InChI=1S/C22H35N3O/c1-17(2)22(26)25-13-9-20(10-14-25)23-11-15-24-12-8-19(16-24)21-7-5-4-6-18(21)3/h4-7,17,19-20,23H,8-16H2,1-3H3. The lowest BCUT2D eigenvalue weighted by molar-refractivity contribution is -0.135. The van der Waals surface area contributed by atoms with Crippen LogP contribution in [0.1, 0.15) is 50.2 Å². The molecule has 4 nitrogen and oxygen atoms in total. The molecule has 2 heterocycles. The largest absolute Gasteiger partial charge is 0.342 e. The fraction of sp³-hybridized carbons (Fsp3) is 0.682. The molecule has 1 aromatic rings. The molecule has 0 spiro atoms. The van der Waals surface area contributed by atoms with Crippen LogP contribution in [0.2, 0.25) is 0 Å². The molecular formula is C22H35N3O. The van der Waals surface area contributed by atoms with Gasteiger partial charge in [-0.1, -0.05) is 38.1 Å². The number of hydrogen-bond donors (Lipinski definition) is 1. The van der Waals surface area contributed by atoms with Gasteiger partial charge in [-0.05, 0) is 49.8 Å². The Balaban J connectivity index is 1.35. The van der Waals surface area contributed by atoms with Crippen molar-refractivity contribution in [3.63, 3.8) is 0 Å². The molecule has 1 aromatic carbocycles. The number of benzene rings is 1. The van der Waals surface area contributed by atoms with Crippen molar-refractivity contribution in [1.82, 2.24) is 15.1 Å². The molecule has 144 valence electrons. The van der Waals surface area contributed by atoms with Gasteiger partial charge in [-0.3, -0.25) is 4.79 Å². The molecule has 3 rings (SSSR count). The van der Waals surface area contributed by atoms with E-state index in [2.05, 4.69) is 41.4 Å². The summed E-state index contributed by atoms with van der Waals surface area (Å²) in [6.45, 7) is 12.6. The summed E-state index contributed by atoms with van der Waals surface area (Å²) >= 11 is 0. The number of carbonyl (C=O) groups excluding carboxylic acids is 1. The normalized spacial score (nSPS) is 22.3. The Morgan fingerprint density at radius 2 is 1.88 bits per heavy atom. The number of aryl methyl sites for hydroxylation is 1. The zero-order valence-electron chi connectivity index (χ0n) is 16.7. The minimum Gasteiger partial charge on any atom is -0.342 e. The predicted molar refractivity (Wildman–Crippen MR) is 107 cm³/mol. The molecule has 2 aliphatic rings. The Morgan fingerprint density at radius 3 is 2.58 bits per heavy atom. The van der Waals surface area contributed by atoms with Crippen LogP contribution in [-0.4, -0.2) is 61.0 Å². The number of nitrogens with one attached hydrogen (secondary N) is 1. The van der Waals surface area contributed by atoms with Crippen LogP contribution in [0.3, 0.4) is 0 Å². The van der Waals surface area contributed by atoms with Gasteiger partial charge in [-0.25, -0.2) is 0 Å². The maximum absolute atomic E-state index is 12.1. The SMILES string of the molecule is Cc1ccccc1C1CCN(CCNC2CCN(C(=O)C(C)C)CC2)C1. The molecule has 0 aliphatic carbocycles. The Morgan fingerprint density at radius 1 is 1.15 bits per heavy atom. The van der Waals surface area contributed by atoms with Crippen molar-refractivity contribution >= 4 is 5.91 Å². The van der Waals surface area contributed by atoms with E-state index >= 15 is 0 Å². The first kappa shape index (κ1) is 19.4. The van der Waals surface area contributed by atoms with Crippen LogP contribution in [0.4, 0.5) is 0 Å². The Hall–Kier alpha value is -1.39. The summed E-state index contributed by atoms with van der Waals surface area (Å²) in [5, 5.41) is 3.72. The van der Waals surface area contributed by atoms with E-state index in [1.807, 2.05) is 18.7 Å². The Bertz CT molecular complexity index is 593. The summed E-state index contributed by atoms with van der Waals surface area (Å²) in [6.07, 6.45) is 3.45. The van der Waals surface area contributed by atoms with Gasteiger partial charge >= 0.3 is 0 Å².